The van der Waals surface area contributed by atoms with Crippen molar-refractivity contribution in [3.05, 3.63) is 112 Å². The Kier molecular flexibility index (Phi) is 6.23. The van der Waals surface area contributed by atoms with Gasteiger partial charge < -0.3 is 0 Å². The molecule has 0 bridgehead atoms. The molecule has 0 aliphatic carbocycles. The second-order valence-electron chi connectivity index (χ2n) is 8.55. The van der Waals surface area contributed by atoms with Gasteiger partial charge in [-0.15, -0.1) is 11.3 Å². The number of para-hydroxylation sites is 2. The van der Waals surface area contributed by atoms with Gasteiger partial charge in [0.1, 0.15) is 0 Å². The Hall–Kier alpha value is -3.40. The Morgan fingerprint density at radius 1 is 0.694 bits per heavy atom. The Labute approximate surface area is 215 Å². The molecule has 3 aromatic carbocycles. The number of sulfonamides is 2. The summed E-state index contributed by atoms with van der Waals surface area (Å²) in [6.45, 7) is 3.64. The number of nitrogens with zero attached hydrogens (tertiary/aromatic N) is 2. The standard InChI is InChI=1S/C27H24N2O4S3/c1-20-9-13-24(14-10-20)35(30,31)28-19-22(18-23-6-5-17-34-23)29(27-8-4-3-7-26(27)28)36(32,33)25-15-11-21(2)12-16-25/h3-18H,19H2,1-2H3/b22-18+. The fourth-order valence-electron chi connectivity index (χ4n) is 4.09. The highest BCUT2D eigenvalue weighted by Crippen LogP contribution is 2.43. The van der Waals surface area contributed by atoms with Gasteiger partial charge in [0.2, 0.25) is 0 Å². The second-order valence-corrected chi connectivity index (χ2v) is 13.2. The molecule has 0 unspecified atom stereocenters. The number of hydrogen-bond donors (Lipinski definition) is 0. The molecule has 0 fully saturated rings. The molecule has 1 aromatic heterocycles. The van der Waals surface area contributed by atoms with Crippen LogP contribution in [0, 0.1) is 13.8 Å². The highest BCUT2D eigenvalue weighted by molar-refractivity contribution is 7.93. The van der Waals surface area contributed by atoms with Crippen molar-refractivity contribution < 1.29 is 16.8 Å². The molecule has 0 spiro atoms. The predicted molar refractivity (Wildman–Crippen MR) is 145 cm³/mol. The molecule has 9 heteroatoms. The van der Waals surface area contributed by atoms with Gasteiger partial charge in [0.15, 0.2) is 0 Å². The van der Waals surface area contributed by atoms with E-state index in [1.54, 1.807) is 78.9 Å². The van der Waals surface area contributed by atoms with Crippen molar-refractivity contribution >= 4 is 48.8 Å². The van der Waals surface area contributed by atoms with Crippen LogP contribution >= 0.6 is 11.3 Å². The van der Waals surface area contributed by atoms with E-state index < -0.39 is 20.0 Å². The first kappa shape index (κ1) is 24.3. The summed E-state index contributed by atoms with van der Waals surface area (Å²) in [4.78, 5) is 1.10. The number of rotatable bonds is 5. The van der Waals surface area contributed by atoms with E-state index in [4.69, 9.17) is 0 Å². The maximum atomic E-state index is 14.0. The van der Waals surface area contributed by atoms with Gasteiger partial charge >= 0.3 is 0 Å². The van der Waals surface area contributed by atoms with Crippen LogP contribution in [0.1, 0.15) is 16.0 Å². The van der Waals surface area contributed by atoms with Crippen molar-refractivity contribution in [3.63, 3.8) is 0 Å². The van der Waals surface area contributed by atoms with E-state index in [1.807, 2.05) is 31.4 Å². The van der Waals surface area contributed by atoms with Crippen LogP contribution in [0.4, 0.5) is 11.4 Å². The van der Waals surface area contributed by atoms with Crippen LogP contribution < -0.4 is 8.61 Å². The molecule has 36 heavy (non-hydrogen) atoms. The monoisotopic (exact) mass is 536 g/mol. The van der Waals surface area contributed by atoms with E-state index in [-0.39, 0.29) is 22.0 Å². The maximum Gasteiger partial charge on any atom is 0.268 e. The largest absolute Gasteiger partial charge is 0.268 e. The third kappa shape index (κ3) is 4.34. The average Bonchev–Trinajstić information content (AvgIpc) is 3.37. The number of hydrogen-bond acceptors (Lipinski definition) is 5. The van der Waals surface area contributed by atoms with E-state index in [9.17, 15) is 16.8 Å². The van der Waals surface area contributed by atoms with Crippen LogP contribution in [-0.4, -0.2) is 23.4 Å². The van der Waals surface area contributed by atoms with E-state index in [0.29, 0.717) is 11.4 Å². The molecule has 184 valence electrons. The molecule has 0 N–H and O–H groups in total. The maximum absolute atomic E-state index is 14.0. The van der Waals surface area contributed by atoms with Gasteiger partial charge in [-0.3, -0.25) is 4.31 Å². The summed E-state index contributed by atoms with van der Waals surface area (Å²) < 4.78 is 58.1. The van der Waals surface area contributed by atoms with Gasteiger partial charge in [0, 0.05) is 4.88 Å². The summed E-state index contributed by atoms with van der Waals surface area (Å²) in [6.07, 6.45) is 1.74. The highest BCUT2D eigenvalue weighted by atomic mass is 32.2. The SMILES string of the molecule is Cc1ccc(S(=O)(=O)N2C/C(=C\c3cccs3)N(S(=O)(=O)c3ccc(C)cc3)c3ccccc32)cc1. The van der Waals surface area contributed by atoms with E-state index in [1.165, 1.54) is 19.9 Å². The fraction of sp³-hybridized carbons (Fsp3) is 0.111. The molecule has 4 aromatic rings. The number of aryl methyl sites for hydroxylation is 2. The van der Waals surface area contributed by atoms with E-state index >= 15 is 0 Å². The third-order valence-electron chi connectivity index (χ3n) is 5.96. The molecule has 6 nitrogen and oxygen atoms in total. The topological polar surface area (TPSA) is 74.8 Å². The van der Waals surface area contributed by atoms with Crippen molar-refractivity contribution in [3.8, 4) is 0 Å². The summed E-state index contributed by atoms with van der Waals surface area (Å²) in [6, 6.07) is 23.7. The van der Waals surface area contributed by atoms with Crippen molar-refractivity contribution in [2.24, 2.45) is 0 Å². The summed E-state index contributed by atoms with van der Waals surface area (Å²) in [5.74, 6) is 0. The summed E-state index contributed by atoms with van der Waals surface area (Å²) in [5.41, 5.74) is 2.81. The van der Waals surface area contributed by atoms with Gasteiger partial charge in [-0.1, -0.05) is 53.6 Å². The molecule has 0 atom stereocenters. The van der Waals surface area contributed by atoms with Crippen molar-refractivity contribution in [1.82, 2.24) is 0 Å². The van der Waals surface area contributed by atoms with Crippen molar-refractivity contribution in [2.75, 3.05) is 15.2 Å². The molecule has 0 saturated heterocycles. The Balaban J connectivity index is 1.73. The van der Waals surface area contributed by atoms with Crippen molar-refractivity contribution in [2.45, 2.75) is 23.6 Å². The smallest absolute Gasteiger partial charge is 0.258 e. The van der Waals surface area contributed by atoms with Gasteiger partial charge in [0.05, 0.1) is 33.4 Å². The lowest BCUT2D eigenvalue weighted by atomic mass is 10.2. The van der Waals surface area contributed by atoms with Crippen LogP contribution in [0.15, 0.2) is 106 Å². The highest BCUT2D eigenvalue weighted by Gasteiger charge is 2.40. The molecule has 1 aliphatic heterocycles. The molecule has 5 rings (SSSR count). The molecular formula is C27H24N2O4S3. The Morgan fingerprint density at radius 2 is 1.25 bits per heavy atom. The zero-order valence-electron chi connectivity index (χ0n) is 19.7. The van der Waals surface area contributed by atoms with Gasteiger partial charge in [-0.2, -0.15) is 0 Å². The second kappa shape index (κ2) is 9.24. The van der Waals surface area contributed by atoms with Gasteiger partial charge in [-0.05, 0) is 67.8 Å². The number of fused-ring (bicyclic) bond motifs is 1. The zero-order valence-corrected chi connectivity index (χ0v) is 22.1. The number of thiophene rings is 1. The molecule has 1 aliphatic rings. The number of benzene rings is 3. The molecule has 0 saturated carbocycles. The van der Waals surface area contributed by atoms with Crippen LogP contribution in [0.25, 0.3) is 6.08 Å². The Morgan fingerprint density at radius 3 is 1.81 bits per heavy atom. The quantitative estimate of drug-likeness (QED) is 0.323. The molecule has 2 heterocycles. The molecule has 0 amide bonds. The lowest BCUT2D eigenvalue weighted by molar-refractivity contribution is 0.586. The van der Waals surface area contributed by atoms with Crippen LogP contribution in [-0.2, 0) is 20.0 Å². The number of anilines is 2. The van der Waals surface area contributed by atoms with E-state index in [2.05, 4.69) is 0 Å². The summed E-state index contributed by atoms with van der Waals surface area (Å²) in [7, 11) is -8.00. The zero-order chi connectivity index (χ0) is 25.5. The lowest BCUT2D eigenvalue weighted by Gasteiger charge is -2.39. The Bertz CT molecular complexity index is 1640. The van der Waals surface area contributed by atoms with Crippen molar-refractivity contribution in [1.29, 1.82) is 0 Å². The minimum absolute atomic E-state index is 0.134. The van der Waals surface area contributed by atoms with Crippen LogP contribution in [0.2, 0.25) is 0 Å². The lowest BCUT2D eigenvalue weighted by Crippen LogP contribution is -2.44. The first-order valence-electron chi connectivity index (χ1n) is 11.2. The van der Waals surface area contributed by atoms with Gasteiger partial charge in [-0.25, -0.2) is 21.1 Å². The predicted octanol–water partition coefficient (Wildman–Crippen LogP) is 5.81. The van der Waals surface area contributed by atoms with Crippen LogP contribution in [0.3, 0.4) is 0 Å². The van der Waals surface area contributed by atoms with Crippen LogP contribution in [0.5, 0.6) is 0 Å². The third-order valence-corrected chi connectivity index (χ3v) is 10.3. The van der Waals surface area contributed by atoms with E-state index in [0.717, 1.165) is 16.0 Å². The summed E-state index contributed by atoms with van der Waals surface area (Å²) in [5, 5.41) is 1.89. The van der Waals surface area contributed by atoms with Gasteiger partial charge in [0.25, 0.3) is 20.0 Å². The fourth-order valence-corrected chi connectivity index (χ4v) is 7.74. The summed E-state index contributed by atoms with van der Waals surface area (Å²) >= 11 is 1.45. The average molecular weight is 537 g/mol. The first-order valence-corrected chi connectivity index (χ1v) is 15.0. The molecular weight excluding hydrogens is 513 g/mol. The normalized spacial score (nSPS) is 15.2. The first-order chi connectivity index (χ1) is 17.2. The molecule has 0 radical (unpaired) electrons. The minimum atomic E-state index is -4.04. The minimum Gasteiger partial charge on any atom is -0.258 e.